The fourth-order valence-corrected chi connectivity index (χ4v) is 2.31. The fourth-order valence-electron chi connectivity index (χ4n) is 2.01. The van der Waals surface area contributed by atoms with Crippen LogP contribution in [-0.2, 0) is 9.53 Å². The van der Waals surface area contributed by atoms with Crippen LogP contribution in [0.1, 0.15) is 25.5 Å². The Morgan fingerprint density at radius 2 is 2.21 bits per heavy atom. The third kappa shape index (κ3) is 3.69. The summed E-state index contributed by atoms with van der Waals surface area (Å²) in [6, 6.07) is 7.37. The van der Waals surface area contributed by atoms with Gasteiger partial charge in [-0.1, -0.05) is 29.8 Å². The first kappa shape index (κ1) is 14.3. The maximum atomic E-state index is 11.8. The van der Waals surface area contributed by atoms with Crippen molar-refractivity contribution in [2.75, 3.05) is 19.7 Å². The van der Waals surface area contributed by atoms with Crippen LogP contribution in [0, 0.1) is 0 Å². The molecule has 0 bridgehead atoms. The molecular weight excluding hydrogens is 264 g/mol. The van der Waals surface area contributed by atoms with Crippen molar-refractivity contribution in [2.45, 2.75) is 25.5 Å². The van der Waals surface area contributed by atoms with E-state index in [0.29, 0.717) is 5.02 Å². The normalized spacial score (nSPS) is 18.5. The first-order chi connectivity index (χ1) is 9.00. The molecule has 1 fully saturated rings. The number of halogens is 1. The van der Waals surface area contributed by atoms with Crippen LogP contribution >= 0.6 is 11.6 Å². The third-order valence-corrected chi connectivity index (χ3v) is 3.64. The molecule has 2 N–H and O–H groups in total. The number of amides is 1. The molecule has 0 aromatic heterocycles. The van der Waals surface area contributed by atoms with E-state index in [1.54, 1.807) is 0 Å². The van der Waals surface area contributed by atoms with Gasteiger partial charge in [0, 0.05) is 18.1 Å². The molecule has 1 aliphatic rings. The first-order valence-electron chi connectivity index (χ1n) is 6.39. The third-order valence-electron chi connectivity index (χ3n) is 3.30. The molecule has 2 rings (SSSR count). The average Bonchev–Trinajstić information content (AvgIpc) is 2.34. The molecule has 0 aliphatic carbocycles. The molecular formula is C14H19ClN2O2. The minimum atomic E-state index is -0.203. The Kier molecular flexibility index (Phi) is 4.45. The second kappa shape index (κ2) is 5.90. The predicted octanol–water partition coefficient (Wildman–Crippen LogP) is 1.90. The highest BCUT2D eigenvalue weighted by atomic mass is 35.5. The quantitative estimate of drug-likeness (QED) is 0.867. The molecule has 1 saturated heterocycles. The van der Waals surface area contributed by atoms with Gasteiger partial charge in [0.15, 0.2) is 0 Å². The van der Waals surface area contributed by atoms with Crippen molar-refractivity contribution in [2.24, 2.45) is 0 Å². The number of benzene rings is 1. The highest BCUT2D eigenvalue weighted by Crippen LogP contribution is 2.22. The van der Waals surface area contributed by atoms with Crippen molar-refractivity contribution < 1.29 is 9.53 Å². The molecule has 19 heavy (non-hydrogen) atoms. The molecule has 104 valence electrons. The number of hydrogen-bond donors (Lipinski definition) is 2. The SMILES string of the molecule is CC(NC(=O)COC1(C)CNC1)c1ccccc1Cl. The fraction of sp³-hybridized carbons (Fsp3) is 0.500. The largest absolute Gasteiger partial charge is 0.363 e. The van der Waals surface area contributed by atoms with E-state index < -0.39 is 0 Å². The first-order valence-corrected chi connectivity index (χ1v) is 6.76. The summed E-state index contributed by atoms with van der Waals surface area (Å²) in [6.07, 6.45) is 0. The minimum absolute atomic E-state index is 0.0764. The topological polar surface area (TPSA) is 50.4 Å². The van der Waals surface area contributed by atoms with Crippen LogP contribution in [0.5, 0.6) is 0 Å². The van der Waals surface area contributed by atoms with Crippen molar-refractivity contribution in [1.29, 1.82) is 0 Å². The molecule has 1 aliphatic heterocycles. The lowest BCUT2D eigenvalue weighted by Gasteiger charge is -2.38. The molecule has 0 radical (unpaired) electrons. The molecule has 1 atom stereocenters. The van der Waals surface area contributed by atoms with Gasteiger partial charge in [-0.2, -0.15) is 0 Å². The number of carbonyl (C=O) groups is 1. The molecule has 1 aromatic rings. The zero-order chi connectivity index (χ0) is 13.9. The maximum absolute atomic E-state index is 11.8. The summed E-state index contributed by atoms with van der Waals surface area (Å²) in [4.78, 5) is 11.8. The van der Waals surface area contributed by atoms with Crippen LogP contribution in [0.3, 0.4) is 0 Å². The molecule has 5 heteroatoms. The van der Waals surface area contributed by atoms with Crippen LogP contribution in [0.25, 0.3) is 0 Å². The van der Waals surface area contributed by atoms with E-state index in [0.717, 1.165) is 18.7 Å². The summed E-state index contributed by atoms with van der Waals surface area (Å²) in [5.74, 6) is -0.124. The smallest absolute Gasteiger partial charge is 0.246 e. The van der Waals surface area contributed by atoms with Crippen LogP contribution in [0.15, 0.2) is 24.3 Å². The van der Waals surface area contributed by atoms with E-state index in [4.69, 9.17) is 16.3 Å². The van der Waals surface area contributed by atoms with E-state index in [9.17, 15) is 4.79 Å². The van der Waals surface area contributed by atoms with E-state index in [1.165, 1.54) is 0 Å². The van der Waals surface area contributed by atoms with E-state index in [2.05, 4.69) is 10.6 Å². The lowest BCUT2D eigenvalue weighted by Crippen LogP contribution is -2.59. The summed E-state index contributed by atoms with van der Waals surface area (Å²) in [5, 5.41) is 6.67. The Hall–Kier alpha value is -1.10. The van der Waals surface area contributed by atoms with Crippen molar-refractivity contribution >= 4 is 17.5 Å². The molecule has 4 nitrogen and oxygen atoms in total. The average molecular weight is 283 g/mol. The van der Waals surface area contributed by atoms with Gasteiger partial charge >= 0.3 is 0 Å². The monoisotopic (exact) mass is 282 g/mol. The number of carbonyl (C=O) groups excluding carboxylic acids is 1. The van der Waals surface area contributed by atoms with Crippen LogP contribution in [-0.4, -0.2) is 31.2 Å². The number of rotatable bonds is 5. The summed E-state index contributed by atoms with van der Waals surface area (Å²) >= 11 is 6.09. The highest BCUT2D eigenvalue weighted by Gasteiger charge is 2.33. The zero-order valence-corrected chi connectivity index (χ0v) is 12.0. The highest BCUT2D eigenvalue weighted by molar-refractivity contribution is 6.31. The van der Waals surface area contributed by atoms with E-state index in [1.807, 2.05) is 38.1 Å². The molecule has 0 saturated carbocycles. The van der Waals surface area contributed by atoms with Crippen molar-refractivity contribution in [3.05, 3.63) is 34.9 Å². The standard InChI is InChI=1S/C14H19ClN2O2/c1-10(11-5-3-4-6-12(11)15)17-13(18)7-19-14(2)8-16-9-14/h3-6,10,16H,7-9H2,1-2H3,(H,17,18). The second-order valence-electron chi connectivity index (χ2n) is 5.15. The van der Waals surface area contributed by atoms with Crippen LogP contribution in [0.2, 0.25) is 5.02 Å². The van der Waals surface area contributed by atoms with Gasteiger partial charge in [-0.25, -0.2) is 0 Å². The molecule has 1 unspecified atom stereocenters. The van der Waals surface area contributed by atoms with Crippen molar-refractivity contribution in [3.63, 3.8) is 0 Å². The minimum Gasteiger partial charge on any atom is -0.363 e. The van der Waals surface area contributed by atoms with Gasteiger partial charge in [-0.3, -0.25) is 4.79 Å². The van der Waals surface area contributed by atoms with Crippen LogP contribution in [0.4, 0.5) is 0 Å². The molecule has 1 heterocycles. The van der Waals surface area contributed by atoms with Crippen LogP contribution < -0.4 is 10.6 Å². The lowest BCUT2D eigenvalue weighted by molar-refractivity contribution is -0.136. The van der Waals surface area contributed by atoms with Gasteiger partial charge in [0.1, 0.15) is 6.61 Å². The van der Waals surface area contributed by atoms with Gasteiger partial charge in [0.25, 0.3) is 0 Å². The van der Waals surface area contributed by atoms with Gasteiger partial charge in [0.05, 0.1) is 11.6 Å². The van der Waals surface area contributed by atoms with Gasteiger partial charge in [0.2, 0.25) is 5.91 Å². The predicted molar refractivity (Wildman–Crippen MR) is 75.2 cm³/mol. The Balaban J connectivity index is 1.83. The number of hydrogen-bond acceptors (Lipinski definition) is 3. The number of nitrogens with one attached hydrogen (secondary N) is 2. The summed E-state index contributed by atoms with van der Waals surface area (Å²) in [6.45, 7) is 5.56. The number of ether oxygens (including phenoxy) is 1. The van der Waals surface area contributed by atoms with Crippen molar-refractivity contribution in [1.82, 2.24) is 10.6 Å². The molecule has 1 aromatic carbocycles. The summed E-state index contributed by atoms with van der Waals surface area (Å²) in [5.41, 5.74) is 0.708. The summed E-state index contributed by atoms with van der Waals surface area (Å²) < 4.78 is 5.59. The maximum Gasteiger partial charge on any atom is 0.246 e. The van der Waals surface area contributed by atoms with E-state index in [-0.39, 0.29) is 24.2 Å². The summed E-state index contributed by atoms with van der Waals surface area (Å²) in [7, 11) is 0. The Labute approximate surface area is 118 Å². The van der Waals surface area contributed by atoms with E-state index >= 15 is 0 Å². The Morgan fingerprint density at radius 3 is 2.79 bits per heavy atom. The molecule has 1 amide bonds. The lowest BCUT2D eigenvalue weighted by atomic mass is 10.0. The zero-order valence-electron chi connectivity index (χ0n) is 11.2. The van der Waals surface area contributed by atoms with Crippen molar-refractivity contribution in [3.8, 4) is 0 Å². The Bertz CT molecular complexity index is 461. The van der Waals surface area contributed by atoms with Gasteiger partial charge in [-0.15, -0.1) is 0 Å². The molecule has 0 spiro atoms. The van der Waals surface area contributed by atoms with Gasteiger partial charge < -0.3 is 15.4 Å². The second-order valence-corrected chi connectivity index (χ2v) is 5.56. The Morgan fingerprint density at radius 1 is 1.53 bits per heavy atom. The van der Waals surface area contributed by atoms with Gasteiger partial charge in [-0.05, 0) is 25.5 Å².